The van der Waals surface area contributed by atoms with Crippen LogP contribution in [0.15, 0.2) is 34.5 Å². The largest absolute Gasteiger partial charge is 0.494 e. The number of aromatic nitrogens is 1. The number of hydrogen-bond acceptors (Lipinski definition) is 7. The van der Waals surface area contributed by atoms with Gasteiger partial charge in [-0.3, -0.25) is 4.79 Å². The van der Waals surface area contributed by atoms with Gasteiger partial charge in [0.2, 0.25) is 0 Å². The predicted molar refractivity (Wildman–Crippen MR) is 101 cm³/mol. The molecule has 0 saturated heterocycles. The number of amides is 1. The van der Waals surface area contributed by atoms with Crippen LogP contribution in [-0.4, -0.2) is 57.2 Å². The Morgan fingerprint density at radius 1 is 1.31 bits per heavy atom. The lowest BCUT2D eigenvalue weighted by atomic mass is 10.3. The van der Waals surface area contributed by atoms with E-state index in [2.05, 4.69) is 4.98 Å². The summed E-state index contributed by atoms with van der Waals surface area (Å²) in [5, 5.41) is 2.62. The third-order valence-electron chi connectivity index (χ3n) is 3.63. The van der Waals surface area contributed by atoms with Crippen LogP contribution in [0.5, 0.6) is 5.75 Å². The fraction of sp³-hybridized carbons (Fsp3) is 0.412. The summed E-state index contributed by atoms with van der Waals surface area (Å²) in [6.07, 6.45) is 2.49. The standard InChI is InChI=1S/C17H23N3O4S2/c1-20(17(21)15-12-25-16(19-15)8-9-18)10-3-11-24-13-4-6-14(7-5-13)26(2,22)23/h4-7,12H,3,8-11,18H2,1-2H3. The van der Waals surface area contributed by atoms with Gasteiger partial charge in [-0.15, -0.1) is 11.3 Å². The Hall–Kier alpha value is -1.97. The minimum Gasteiger partial charge on any atom is -0.494 e. The van der Waals surface area contributed by atoms with E-state index < -0.39 is 9.84 Å². The highest BCUT2D eigenvalue weighted by molar-refractivity contribution is 7.90. The van der Waals surface area contributed by atoms with Gasteiger partial charge in [0.15, 0.2) is 9.84 Å². The molecule has 1 aromatic heterocycles. The van der Waals surface area contributed by atoms with E-state index in [9.17, 15) is 13.2 Å². The Bertz CT molecular complexity index is 832. The Morgan fingerprint density at radius 3 is 2.62 bits per heavy atom. The molecule has 2 aromatic rings. The second kappa shape index (κ2) is 9.11. The number of nitrogens with zero attached hydrogens (tertiary/aromatic N) is 2. The monoisotopic (exact) mass is 397 g/mol. The normalized spacial score (nSPS) is 11.3. The van der Waals surface area contributed by atoms with E-state index in [0.29, 0.717) is 44.0 Å². The Labute approximate surface area is 157 Å². The first-order valence-corrected chi connectivity index (χ1v) is 10.9. The molecule has 1 amide bonds. The van der Waals surface area contributed by atoms with E-state index in [1.54, 1.807) is 29.5 Å². The van der Waals surface area contributed by atoms with Crippen molar-refractivity contribution in [2.24, 2.45) is 5.73 Å². The summed E-state index contributed by atoms with van der Waals surface area (Å²) < 4.78 is 28.4. The molecule has 0 radical (unpaired) electrons. The summed E-state index contributed by atoms with van der Waals surface area (Å²) in [5.74, 6) is 0.472. The molecule has 0 aliphatic heterocycles. The Kier molecular flexibility index (Phi) is 7.13. The average molecular weight is 398 g/mol. The number of thiazole rings is 1. The maximum absolute atomic E-state index is 12.3. The summed E-state index contributed by atoms with van der Waals surface area (Å²) >= 11 is 1.44. The SMILES string of the molecule is CN(CCCOc1ccc(S(C)(=O)=O)cc1)C(=O)c1csc(CCN)n1. The highest BCUT2D eigenvalue weighted by atomic mass is 32.2. The molecule has 1 heterocycles. The highest BCUT2D eigenvalue weighted by Gasteiger charge is 2.15. The van der Waals surface area contributed by atoms with Crippen molar-refractivity contribution >= 4 is 27.1 Å². The fourth-order valence-corrected chi connectivity index (χ4v) is 3.64. The van der Waals surface area contributed by atoms with Crippen molar-refractivity contribution in [1.82, 2.24) is 9.88 Å². The van der Waals surface area contributed by atoms with Crippen LogP contribution in [0.3, 0.4) is 0 Å². The molecule has 1 aromatic carbocycles. The number of rotatable bonds is 9. The van der Waals surface area contributed by atoms with Gasteiger partial charge in [0.1, 0.15) is 11.4 Å². The lowest BCUT2D eigenvalue weighted by Crippen LogP contribution is -2.29. The summed E-state index contributed by atoms with van der Waals surface area (Å²) in [4.78, 5) is 18.5. The number of ether oxygens (including phenoxy) is 1. The molecule has 0 aliphatic rings. The molecule has 2 rings (SSSR count). The topological polar surface area (TPSA) is 103 Å². The minimum absolute atomic E-state index is 0.123. The third-order valence-corrected chi connectivity index (χ3v) is 5.67. The van der Waals surface area contributed by atoms with Gasteiger partial charge in [-0.1, -0.05) is 0 Å². The van der Waals surface area contributed by atoms with Crippen molar-refractivity contribution in [1.29, 1.82) is 0 Å². The van der Waals surface area contributed by atoms with Crippen LogP contribution in [0, 0.1) is 0 Å². The number of hydrogen-bond donors (Lipinski definition) is 1. The van der Waals surface area contributed by atoms with Gasteiger partial charge in [0.25, 0.3) is 5.91 Å². The quantitative estimate of drug-likeness (QED) is 0.645. The summed E-state index contributed by atoms with van der Waals surface area (Å²) in [7, 11) is -1.48. The van der Waals surface area contributed by atoms with Gasteiger partial charge in [-0.2, -0.15) is 0 Å². The molecule has 142 valence electrons. The number of carbonyl (C=O) groups excluding carboxylic acids is 1. The van der Waals surface area contributed by atoms with Crippen molar-refractivity contribution in [2.45, 2.75) is 17.7 Å². The van der Waals surface area contributed by atoms with E-state index in [0.717, 1.165) is 11.3 Å². The molecule has 0 aliphatic carbocycles. The van der Waals surface area contributed by atoms with E-state index in [-0.39, 0.29) is 10.8 Å². The predicted octanol–water partition coefficient (Wildman–Crippen LogP) is 1.59. The smallest absolute Gasteiger partial charge is 0.273 e. The molecule has 0 spiro atoms. The van der Waals surface area contributed by atoms with Crippen LogP contribution in [0.1, 0.15) is 21.9 Å². The molecule has 0 saturated carbocycles. The molecular formula is C17H23N3O4S2. The van der Waals surface area contributed by atoms with Crippen molar-refractivity contribution in [3.8, 4) is 5.75 Å². The van der Waals surface area contributed by atoms with Crippen molar-refractivity contribution < 1.29 is 17.9 Å². The summed E-state index contributed by atoms with van der Waals surface area (Å²) in [6, 6.07) is 6.28. The first-order chi connectivity index (χ1) is 12.3. The second-order valence-corrected chi connectivity index (χ2v) is 8.80. The van der Waals surface area contributed by atoms with Crippen LogP contribution in [0.2, 0.25) is 0 Å². The maximum atomic E-state index is 12.3. The fourth-order valence-electron chi connectivity index (χ4n) is 2.22. The van der Waals surface area contributed by atoms with Crippen LogP contribution < -0.4 is 10.5 Å². The molecule has 2 N–H and O–H groups in total. The van der Waals surface area contributed by atoms with E-state index in [1.165, 1.54) is 23.5 Å². The number of sulfone groups is 1. The zero-order valence-corrected chi connectivity index (χ0v) is 16.5. The molecule has 9 heteroatoms. The van der Waals surface area contributed by atoms with Crippen LogP contribution in [0.25, 0.3) is 0 Å². The van der Waals surface area contributed by atoms with Gasteiger partial charge in [0, 0.05) is 31.6 Å². The lowest BCUT2D eigenvalue weighted by Gasteiger charge is -2.16. The Morgan fingerprint density at radius 2 is 2.00 bits per heavy atom. The van der Waals surface area contributed by atoms with E-state index in [1.807, 2.05) is 0 Å². The highest BCUT2D eigenvalue weighted by Crippen LogP contribution is 2.16. The van der Waals surface area contributed by atoms with Crippen molar-refractivity contribution in [3.63, 3.8) is 0 Å². The molecule has 0 unspecified atom stereocenters. The minimum atomic E-state index is -3.21. The first-order valence-electron chi connectivity index (χ1n) is 8.14. The second-order valence-electron chi connectivity index (χ2n) is 5.84. The number of benzene rings is 1. The van der Waals surface area contributed by atoms with Gasteiger partial charge in [-0.05, 0) is 37.2 Å². The molecule has 7 nitrogen and oxygen atoms in total. The van der Waals surface area contributed by atoms with Crippen LogP contribution in [-0.2, 0) is 16.3 Å². The first kappa shape index (κ1) is 20.3. The van der Waals surface area contributed by atoms with Crippen molar-refractivity contribution in [2.75, 3.05) is 33.0 Å². The zero-order chi connectivity index (χ0) is 19.2. The number of nitrogens with two attached hydrogens (primary N) is 1. The third kappa shape index (κ3) is 5.79. The molecule has 0 atom stereocenters. The molecule has 0 fully saturated rings. The van der Waals surface area contributed by atoms with Gasteiger partial charge in [-0.25, -0.2) is 13.4 Å². The van der Waals surface area contributed by atoms with Gasteiger partial charge < -0.3 is 15.4 Å². The summed E-state index contributed by atoms with van der Waals surface area (Å²) in [5.41, 5.74) is 5.93. The van der Waals surface area contributed by atoms with E-state index in [4.69, 9.17) is 10.5 Å². The van der Waals surface area contributed by atoms with E-state index >= 15 is 0 Å². The van der Waals surface area contributed by atoms with Crippen LogP contribution >= 0.6 is 11.3 Å². The molecular weight excluding hydrogens is 374 g/mol. The van der Waals surface area contributed by atoms with Gasteiger partial charge in [0.05, 0.1) is 16.5 Å². The lowest BCUT2D eigenvalue weighted by molar-refractivity contribution is 0.0782. The van der Waals surface area contributed by atoms with Crippen LogP contribution in [0.4, 0.5) is 0 Å². The Balaban J connectivity index is 1.77. The molecule has 0 bridgehead atoms. The zero-order valence-electron chi connectivity index (χ0n) is 14.8. The molecule has 26 heavy (non-hydrogen) atoms. The average Bonchev–Trinajstić information content (AvgIpc) is 3.06. The van der Waals surface area contributed by atoms with Crippen molar-refractivity contribution in [3.05, 3.63) is 40.3 Å². The summed E-state index contributed by atoms with van der Waals surface area (Å²) in [6.45, 7) is 1.47. The van der Waals surface area contributed by atoms with Gasteiger partial charge >= 0.3 is 0 Å². The number of carbonyl (C=O) groups is 1. The maximum Gasteiger partial charge on any atom is 0.273 e.